The van der Waals surface area contributed by atoms with E-state index in [1.54, 1.807) is 25.4 Å². The molecule has 0 aliphatic carbocycles. The van der Waals surface area contributed by atoms with Crippen molar-refractivity contribution in [3.05, 3.63) is 16.3 Å². The van der Waals surface area contributed by atoms with Gasteiger partial charge in [-0.1, -0.05) is 6.92 Å². The van der Waals surface area contributed by atoms with Gasteiger partial charge in [0, 0.05) is 18.0 Å². The summed E-state index contributed by atoms with van der Waals surface area (Å²) in [7, 11) is -1.50. The van der Waals surface area contributed by atoms with Crippen LogP contribution in [-0.2, 0) is 16.6 Å². The fraction of sp³-hybridized carbons (Fsp3) is 0.500. The molecule has 14 heavy (non-hydrogen) atoms. The van der Waals surface area contributed by atoms with Gasteiger partial charge in [-0.2, -0.15) is 0 Å². The van der Waals surface area contributed by atoms with Crippen molar-refractivity contribution >= 4 is 21.4 Å². The molecule has 0 saturated carbocycles. The minimum Gasteiger partial charge on any atom is -0.315 e. The largest absolute Gasteiger partial charge is 0.315 e. The Morgan fingerprint density at radius 1 is 1.50 bits per heavy atom. The van der Waals surface area contributed by atoms with E-state index in [1.807, 2.05) is 0 Å². The lowest BCUT2D eigenvalue weighted by atomic mass is 10.5. The Labute approximate surface area is 88.4 Å². The zero-order chi connectivity index (χ0) is 10.6. The molecule has 0 radical (unpaired) electrons. The Morgan fingerprint density at radius 2 is 2.21 bits per heavy atom. The van der Waals surface area contributed by atoms with Crippen LogP contribution < -0.4 is 10.0 Å². The van der Waals surface area contributed by atoms with Crippen molar-refractivity contribution in [2.24, 2.45) is 0 Å². The second kappa shape index (κ2) is 4.88. The van der Waals surface area contributed by atoms with Crippen molar-refractivity contribution in [3.63, 3.8) is 0 Å². The fourth-order valence-electron chi connectivity index (χ4n) is 1.13. The lowest BCUT2D eigenvalue weighted by molar-refractivity contribution is 0.583. The number of nitrogens with one attached hydrogen (secondary N) is 2. The van der Waals surface area contributed by atoms with Gasteiger partial charge in [0.2, 0.25) is 10.0 Å². The second-order valence-electron chi connectivity index (χ2n) is 2.74. The zero-order valence-corrected chi connectivity index (χ0v) is 9.83. The van der Waals surface area contributed by atoms with Crippen LogP contribution in [0, 0.1) is 0 Å². The van der Waals surface area contributed by atoms with E-state index in [1.165, 1.54) is 11.3 Å². The normalized spacial score (nSPS) is 11.9. The molecular weight excluding hydrogens is 220 g/mol. The van der Waals surface area contributed by atoms with Crippen molar-refractivity contribution < 1.29 is 8.42 Å². The van der Waals surface area contributed by atoms with E-state index in [-0.39, 0.29) is 0 Å². The molecule has 1 rings (SSSR count). The van der Waals surface area contributed by atoms with E-state index in [0.717, 1.165) is 4.88 Å². The molecule has 0 spiro atoms. The SMILES string of the molecule is CCNS(=O)(=O)c1ccsc1CNC. The molecule has 0 aliphatic rings. The zero-order valence-electron chi connectivity index (χ0n) is 8.20. The fourth-order valence-corrected chi connectivity index (χ4v) is 3.62. The molecule has 0 aliphatic heterocycles. The average Bonchev–Trinajstić information content (AvgIpc) is 2.53. The summed E-state index contributed by atoms with van der Waals surface area (Å²) >= 11 is 1.45. The number of rotatable bonds is 5. The van der Waals surface area contributed by atoms with Gasteiger partial charge in [-0.05, 0) is 18.5 Å². The Balaban J connectivity index is 3.00. The molecule has 0 amide bonds. The van der Waals surface area contributed by atoms with Gasteiger partial charge in [0.05, 0.1) is 4.90 Å². The summed E-state index contributed by atoms with van der Waals surface area (Å²) in [6, 6.07) is 1.63. The molecule has 1 aromatic heterocycles. The summed E-state index contributed by atoms with van der Waals surface area (Å²) in [5, 5.41) is 4.73. The first-order valence-electron chi connectivity index (χ1n) is 4.32. The third-order valence-electron chi connectivity index (χ3n) is 1.67. The van der Waals surface area contributed by atoms with E-state index in [0.29, 0.717) is 18.0 Å². The highest BCUT2D eigenvalue weighted by Gasteiger charge is 2.17. The van der Waals surface area contributed by atoms with Crippen molar-refractivity contribution in [3.8, 4) is 0 Å². The summed E-state index contributed by atoms with van der Waals surface area (Å²) in [6.07, 6.45) is 0. The first kappa shape index (κ1) is 11.6. The minimum absolute atomic E-state index is 0.388. The molecule has 0 atom stereocenters. The lowest BCUT2D eigenvalue weighted by Crippen LogP contribution is -2.24. The number of hydrogen-bond acceptors (Lipinski definition) is 4. The molecule has 2 N–H and O–H groups in total. The Bertz CT molecular complexity index is 384. The van der Waals surface area contributed by atoms with Gasteiger partial charge in [-0.25, -0.2) is 13.1 Å². The number of hydrogen-bond donors (Lipinski definition) is 2. The molecule has 0 aromatic carbocycles. The van der Waals surface area contributed by atoms with Crippen molar-refractivity contribution in [1.29, 1.82) is 0 Å². The van der Waals surface area contributed by atoms with Gasteiger partial charge < -0.3 is 5.32 Å². The Morgan fingerprint density at radius 3 is 2.79 bits per heavy atom. The van der Waals surface area contributed by atoms with E-state index < -0.39 is 10.0 Å². The van der Waals surface area contributed by atoms with E-state index >= 15 is 0 Å². The third kappa shape index (κ3) is 2.54. The maximum atomic E-state index is 11.7. The van der Waals surface area contributed by atoms with Gasteiger partial charge in [0.15, 0.2) is 0 Å². The smallest absolute Gasteiger partial charge is 0.241 e. The van der Waals surface area contributed by atoms with Crippen LogP contribution in [0.5, 0.6) is 0 Å². The van der Waals surface area contributed by atoms with Crippen molar-refractivity contribution in [2.45, 2.75) is 18.4 Å². The molecule has 0 saturated heterocycles. The summed E-state index contributed by atoms with van der Waals surface area (Å²) < 4.78 is 25.8. The van der Waals surface area contributed by atoms with E-state index in [4.69, 9.17) is 0 Å². The highest BCUT2D eigenvalue weighted by atomic mass is 32.2. The predicted octanol–water partition coefficient (Wildman–Crippen LogP) is 0.766. The maximum Gasteiger partial charge on any atom is 0.241 e. The molecule has 1 heterocycles. The molecule has 0 unspecified atom stereocenters. The molecule has 80 valence electrons. The van der Waals surface area contributed by atoms with Gasteiger partial charge in [0.1, 0.15) is 0 Å². The highest BCUT2D eigenvalue weighted by Crippen LogP contribution is 2.21. The summed E-state index contributed by atoms with van der Waals surface area (Å²) in [5.41, 5.74) is 0. The topological polar surface area (TPSA) is 58.2 Å². The molecule has 0 bridgehead atoms. The average molecular weight is 234 g/mol. The summed E-state index contributed by atoms with van der Waals surface area (Å²) in [4.78, 5) is 1.23. The van der Waals surface area contributed by atoms with Crippen LogP contribution >= 0.6 is 11.3 Å². The van der Waals surface area contributed by atoms with Crippen LogP contribution in [0.3, 0.4) is 0 Å². The third-order valence-corrected chi connectivity index (χ3v) is 4.35. The van der Waals surface area contributed by atoms with Gasteiger partial charge >= 0.3 is 0 Å². The molecule has 6 heteroatoms. The highest BCUT2D eigenvalue weighted by molar-refractivity contribution is 7.89. The maximum absolute atomic E-state index is 11.7. The van der Waals surface area contributed by atoms with Crippen LogP contribution in [0.25, 0.3) is 0 Å². The van der Waals surface area contributed by atoms with E-state index in [9.17, 15) is 8.42 Å². The van der Waals surface area contributed by atoms with Crippen LogP contribution in [0.15, 0.2) is 16.3 Å². The monoisotopic (exact) mass is 234 g/mol. The van der Waals surface area contributed by atoms with Crippen molar-refractivity contribution in [2.75, 3.05) is 13.6 Å². The summed E-state index contributed by atoms with van der Waals surface area (Å²) in [6.45, 7) is 2.76. The lowest BCUT2D eigenvalue weighted by Gasteiger charge is -2.04. The molecule has 0 fully saturated rings. The molecular formula is C8H14N2O2S2. The van der Waals surface area contributed by atoms with E-state index in [2.05, 4.69) is 10.0 Å². The first-order valence-corrected chi connectivity index (χ1v) is 6.68. The van der Waals surface area contributed by atoms with Crippen LogP contribution in [0.2, 0.25) is 0 Å². The van der Waals surface area contributed by atoms with Crippen LogP contribution in [0.1, 0.15) is 11.8 Å². The minimum atomic E-state index is -3.30. The van der Waals surface area contributed by atoms with Crippen molar-refractivity contribution in [1.82, 2.24) is 10.0 Å². The van der Waals surface area contributed by atoms with Crippen LogP contribution in [-0.4, -0.2) is 22.0 Å². The standard InChI is InChI=1S/C8H14N2O2S2/c1-3-10-14(11,12)8-4-5-13-7(8)6-9-2/h4-5,9-10H,3,6H2,1-2H3. The first-order chi connectivity index (χ1) is 6.61. The second-order valence-corrected chi connectivity index (χ2v) is 5.48. The van der Waals surface area contributed by atoms with Gasteiger partial charge in [-0.3, -0.25) is 0 Å². The Kier molecular flexibility index (Phi) is 4.06. The quantitative estimate of drug-likeness (QED) is 0.791. The number of sulfonamides is 1. The summed E-state index contributed by atoms with van der Waals surface area (Å²) in [5.74, 6) is 0. The predicted molar refractivity (Wildman–Crippen MR) is 57.9 cm³/mol. The molecule has 1 aromatic rings. The number of thiophene rings is 1. The van der Waals surface area contributed by atoms with Gasteiger partial charge in [0.25, 0.3) is 0 Å². The molecule has 4 nitrogen and oxygen atoms in total. The Hall–Kier alpha value is -0.430. The van der Waals surface area contributed by atoms with Gasteiger partial charge in [-0.15, -0.1) is 11.3 Å². The van der Waals surface area contributed by atoms with Crippen LogP contribution in [0.4, 0.5) is 0 Å².